The summed E-state index contributed by atoms with van der Waals surface area (Å²) in [6.45, 7) is 7.09. The molecule has 1 aromatic carbocycles. The van der Waals surface area contributed by atoms with Crippen LogP contribution < -0.4 is 4.74 Å². The normalized spacial score (nSPS) is 11.1. The molecular weight excluding hydrogens is 286 g/mol. The molecular formula is C16H21NOS2. The fourth-order valence-electron chi connectivity index (χ4n) is 1.96. The molecule has 0 N–H and O–H groups in total. The maximum absolute atomic E-state index is 5.83. The van der Waals surface area contributed by atoms with E-state index in [4.69, 9.17) is 4.74 Å². The van der Waals surface area contributed by atoms with Gasteiger partial charge in [-0.05, 0) is 30.5 Å². The smallest absolute Gasteiger partial charge is 0.119 e. The van der Waals surface area contributed by atoms with E-state index in [-0.39, 0.29) is 0 Å². The number of thiol groups is 1. The summed E-state index contributed by atoms with van der Waals surface area (Å²) in [6, 6.07) is 8.33. The minimum Gasteiger partial charge on any atom is -0.493 e. The highest BCUT2D eigenvalue weighted by Crippen LogP contribution is 2.22. The van der Waals surface area contributed by atoms with E-state index in [2.05, 4.69) is 49.7 Å². The van der Waals surface area contributed by atoms with Crippen molar-refractivity contribution < 1.29 is 4.74 Å². The van der Waals surface area contributed by atoms with Gasteiger partial charge in [-0.15, -0.1) is 11.3 Å². The van der Waals surface area contributed by atoms with Gasteiger partial charge >= 0.3 is 0 Å². The van der Waals surface area contributed by atoms with Gasteiger partial charge in [0.2, 0.25) is 0 Å². The molecule has 2 aromatic rings. The van der Waals surface area contributed by atoms with Gasteiger partial charge in [0.15, 0.2) is 0 Å². The van der Waals surface area contributed by atoms with Crippen molar-refractivity contribution in [1.29, 1.82) is 0 Å². The van der Waals surface area contributed by atoms with E-state index in [1.807, 2.05) is 13.0 Å². The highest BCUT2D eigenvalue weighted by molar-refractivity contribution is 7.79. The van der Waals surface area contributed by atoms with Crippen LogP contribution in [0.2, 0.25) is 0 Å². The molecule has 0 saturated heterocycles. The van der Waals surface area contributed by atoms with Crippen LogP contribution in [0.25, 0.3) is 0 Å². The molecule has 2 nitrogen and oxygen atoms in total. The lowest BCUT2D eigenvalue weighted by Crippen LogP contribution is -2.01. The average Bonchev–Trinajstić information content (AvgIpc) is 2.79. The van der Waals surface area contributed by atoms with Crippen molar-refractivity contribution in [2.75, 3.05) is 6.61 Å². The van der Waals surface area contributed by atoms with E-state index in [0.717, 1.165) is 28.6 Å². The lowest BCUT2D eigenvalue weighted by molar-refractivity contribution is 0.321. The predicted octanol–water partition coefficient (Wildman–Crippen LogP) is 4.63. The van der Waals surface area contributed by atoms with E-state index in [0.29, 0.717) is 12.5 Å². The van der Waals surface area contributed by atoms with Crippen LogP contribution in [0.5, 0.6) is 5.75 Å². The number of aryl methyl sites for hydroxylation is 1. The molecule has 0 saturated carbocycles. The molecule has 0 aliphatic rings. The van der Waals surface area contributed by atoms with Crippen LogP contribution in [0.1, 0.15) is 40.9 Å². The predicted molar refractivity (Wildman–Crippen MR) is 89.3 cm³/mol. The Labute approximate surface area is 130 Å². The second kappa shape index (κ2) is 7.14. The first-order chi connectivity index (χ1) is 9.60. The third kappa shape index (κ3) is 4.00. The van der Waals surface area contributed by atoms with Crippen LogP contribution in [-0.4, -0.2) is 11.6 Å². The molecule has 0 aliphatic carbocycles. The van der Waals surface area contributed by atoms with Crippen LogP contribution in [0.4, 0.5) is 0 Å². The highest BCUT2D eigenvalue weighted by atomic mass is 32.1. The minimum atomic E-state index is 0.526. The number of rotatable bonds is 6. The van der Waals surface area contributed by atoms with E-state index >= 15 is 0 Å². The zero-order chi connectivity index (χ0) is 14.5. The monoisotopic (exact) mass is 307 g/mol. The number of hydrogen-bond donors (Lipinski definition) is 1. The van der Waals surface area contributed by atoms with Crippen molar-refractivity contribution in [2.24, 2.45) is 0 Å². The summed E-state index contributed by atoms with van der Waals surface area (Å²) >= 11 is 6.05. The molecule has 4 heteroatoms. The molecule has 1 heterocycles. The average molecular weight is 307 g/mol. The summed E-state index contributed by atoms with van der Waals surface area (Å²) in [6.07, 6.45) is 0.852. The van der Waals surface area contributed by atoms with Crippen LogP contribution in [0.15, 0.2) is 24.3 Å². The van der Waals surface area contributed by atoms with Gasteiger partial charge in [-0.3, -0.25) is 0 Å². The second-order valence-electron chi connectivity index (χ2n) is 5.10. The van der Waals surface area contributed by atoms with Crippen molar-refractivity contribution in [1.82, 2.24) is 4.98 Å². The Morgan fingerprint density at radius 3 is 2.80 bits per heavy atom. The van der Waals surface area contributed by atoms with Gasteiger partial charge < -0.3 is 4.74 Å². The molecule has 0 unspecified atom stereocenters. The molecule has 0 spiro atoms. The Morgan fingerprint density at radius 1 is 1.35 bits per heavy atom. The van der Waals surface area contributed by atoms with Crippen molar-refractivity contribution >= 4 is 24.0 Å². The molecule has 108 valence electrons. The summed E-state index contributed by atoms with van der Waals surface area (Å²) < 4.78 is 5.83. The van der Waals surface area contributed by atoms with Crippen molar-refractivity contribution in [2.45, 2.75) is 38.9 Å². The number of benzene rings is 1. The summed E-state index contributed by atoms with van der Waals surface area (Å²) in [7, 11) is 0. The summed E-state index contributed by atoms with van der Waals surface area (Å²) in [4.78, 5) is 5.80. The SMILES string of the molecule is Cc1nc(CCOc2cccc(C(C)C)c2)sc1CS. The maximum Gasteiger partial charge on any atom is 0.119 e. The topological polar surface area (TPSA) is 22.1 Å². The Kier molecular flexibility index (Phi) is 5.49. The van der Waals surface area contributed by atoms with Crippen LogP contribution in [0.3, 0.4) is 0 Å². The Bertz CT molecular complexity index is 563. The first-order valence-corrected chi connectivity index (χ1v) is 8.34. The minimum absolute atomic E-state index is 0.526. The Morgan fingerprint density at radius 2 is 2.15 bits per heavy atom. The third-order valence-corrected chi connectivity index (χ3v) is 4.94. The summed E-state index contributed by atoms with van der Waals surface area (Å²) in [5, 5.41) is 1.13. The van der Waals surface area contributed by atoms with E-state index in [1.54, 1.807) is 11.3 Å². The molecule has 1 aromatic heterocycles. The van der Waals surface area contributed by atoms with Crippen LogP contribution >= 0.6 is 24.0 Å². The Balaban J connectivity index is 1.90. The van der Waals surface area contributed by atoms with Gasteiger partial charge in [-0.25, -0.2) is 4.98 Å². The van der Waals surface area contributed by atoms with Gasteiger partial charge in [0.1, 0.15) is 5.75 Å². The van der Waals surface area contributed by atoms with Gasteiger partial charge in [-0.1, -0.05) is 26.0 Å². The lowest BCUT2D eigenvalue weighted by Gasteiger charge is -2.09. The fourth-order valence-corrected chi connectivity index (χ4v) is 3.29. The second-order valence-corrected chi connectivity index (χ2v) is 6.58. The van der Waals surface area contributed by atoms with E-state index in [1.165, 1.54) is 10.4 Å². The number of nitrogens with zero attached hydrogens (tertiary/aromatic N) is 1. The molecule has 0 atom stereocenters. The zero-order valence-corrected chi connectivity index (χ0v) is 13.9. The molecule has 20 heavy (non-hydrogen) atoms. The number of thiazole rings is 1. The number of hydrogen-bond acceptors (Lipinski definition) is 4. The molecule has 0 aliphatic heterocycles. The summed E-state index contributed by atoms with van der Waals surface area (Å²) in [5.41, 5.74) is 2.41. The summed E-state index contributed by atoms with van der Waals surface area (Å²) in [5.74, 6) is 2.23. The number of ether oxygens (including phenoxy) is 1. The van der Waals surface area contributed by atoms with E-state index < -0.39 is 0 Å². The Hall–Kier alpha value is -1.00. The number of aromatic nitrogens is 1. The first kappa shape index (κ1) is 15.4. The van der Waals surface area contributed by atoms with Gasteiger partial charge in [-0.2, -0.15) is 12.6 Å². The van der Waals surface area contributed by atoms with Crippen LogP contribution in [-0.2, 0) is 12.2 Å². The molecule has 0 fully saturated rings. The maximum atomic E-state index is 5.83. The highest BCUT2D eigenvalue weighted by Gasteiger charge is 2.06. The van der Waals surface area contributed by atoms with Gasteiger partial charge in [0, 0.05) is 17.1 Å². The molecule has 2 rings (SSSR count). The lowest BCUT2D eigenvalue weighted by atomic mass is 10.0. The van der Waals surface area contributed by atoms with E-state index in [9.17, 15) is 0 Å². The molecule has 0 bridgehead atoms. The first-order valence-electron chi connectivity index (χ1n) is 6.89. The third-order valence-electron chi connectivity index (χ3n) is 3.19. The van der Waals surface area contributed by atoms with Gasteiger partial charge in [0.05, 0.1) is 17.3 Å². The van der Waals surface area contributed by atoms with Crippen molar-refractivity contribution in [3.8, 4) is 5.75 Å². The quantitative estimate of drug-likeness (QED) is 0.786. The van der Waals surface area contributed by atoms with Gasteiger partial charge in [0.25, 0.3) is 0 Å². The standard InChI is InChI=1S/C16H21NOS2/c1-11(2)13-5-4-6-14(9-13)18-8-7-16-17-12(3)15(10-19)20-16/h4-6,9,11,19H,7-8,10H2,1-3H3. The molecule has 0 radical (unpaired) electrons. The molecule has 0 amide bonds. The zero-order valence-electron chi connectivity index (χ0n) is 12.2. The largest absolute Gasteiger partial charge is 0.493 e. The van der Waals surface area contributed by atoms with Crippen LogP contribution in [0, 0.1) is 6.92 Å². The van der Waals surface area contributed by atoms with Crippen molar-refractivity contribution in [3.63, 3.8) is 0 Å². The fraction of sp³-hybridized carbons (Fsp3) is 0.438. The van der Waals surface area contributed by atoms with Crippen molar-refractivity contribution in [3.05, 3.63) is 45.4 Å².